The van der Waals surface area contributed by atoms with E-state index in [9.17, 15) is 4.79 Å². The summed E-state index contributed by atoms with van der Waals surface area (Å²) < 4.78 is 6.54. The third-order valence-corrected chi connectivity index (χ3v) is 2.31. The maximum absolute atomic E-state index is 11.1. The molecule has 1 amide bonds. The van der Waals surface area contributed by atoms with Gasteiger partial charge < -0.3 is 10.2 Å². The highest BCUT2D eigenvalue weighted by Crippen LogP contribution is 2.30. The van der Waals surface area contributed by atoms with Crippen molar-refractivity contribution in [2.45, 2.75) is 0 Å². The van der Waals surface area contributed by atoms with E-state index < -0.39 is 5.91 Å². The monoisotopic (exact) mass is 225 g/mol. The number of carbonyl (C=O) groups is 1. The molecular formula is C9H8ClN3O2. The van der Waals surface area contributed by atoms with Crippen LogP contribution in [0.5, 0.6) is 0 Å². The second kappa shape index (κ2) is 3.43. The maximum Gasteiger partial charge on any atom is 0.285 e. The summed E-state index contributed by atoms with van der Waals surface area (Å²) in [7, 11) is 1.72. The van der Waals surface area contributed by atoms with Gasteiger partial charge in [-0.25, -0.2) is 0 Å². The predicted molar refractivity (Wildman–Crippen MR) is 54.4 cm³/mol. The zero-order chi connectivity index (χ0) is 11.0. The van der Waals surface area contributed by atoms with Crippen LogP contribution in [0.15, 0.2) is 22.9 Å². The third kappa shape index (κ3) is 1.50. The fourth-order valence-electron chi connectivity index (χ4n) is 1.40. The van der Waals surface area contributed by atoms with Gasteiger partial charge in [0.1, 0.15) is 0 Å². The largest absolute Gasteiger partial charge is 0.458 e. The highest BCUT2D eigenvalue weighted by atomic mass is 35.5. The second-order valence-corrected chi connectivity index (χ2v) is 3.40. The van der Waals surface area contributed by atoms with Crippen molar-refractivity contribution in [1.82, 2.24) is 9.78 Å². The Balaban J connectivity index is 2.64. The molecule has 0 unspecified atom stereocenters. The maximum atomic E-state index is 11.1. The molecule has 78 valence electrons. The van der Waals surface area contributed by atoms with Crippen molar-refractivity contribution in [1.29, 1.82) is 0 Å². The summed E-state index contributed by atoms with van der Waals surface area (Å²) in [5.41, 5.74) is 6.32. The number of primary amides is 1. The summed E-state index contributed by atoms with van der Waals surface area (Å²) in [6.07, 6.45) is 2.88. The van der Waals surface area contributed by atoms with Crippen LogP contribution in [0.4, 0.5) is 0 Å². The van der Waals surface area contributed by atoms with Crippen LogP contribution in [0.25, 0.3) is 11.3 Å². The highest BCUT2D eigenvalue weighted by molar-refractivity contribution is 6.33. The lowest BCUT2D eigenvalue weighted by Gasteiger charge is -2.01. The molecule has 0 radical (unpaired) electrons. The van der Waals surface area contributed by atoms with Crippen molar-refractivity contribution in [3.8, 4) is 11.3 Å². The SMILES string of the molecule is Cn1ncc(Cl)c1-c1ccoc1C(N)=O. The van der Waals surface area contributed by atoms with Gasteiger partial charge in [0.25, 0.3) is 5.91 Å². The quantitative estimate of drug-likeness (QED) is 0.840. The highest BCUT2D eigenvalue weighted by Gasteiger charge is 2.18. The average Bonchev–Trinajstić information content (AvgIpc) is 2.73. The lowest BCUT2D eigenvalue weighted by molar-refractivity contribution is 0.0974. The summed E-state index contributed by atoms with van der Waals surface area (Å²) in [6.45, 7) is 0. The molecule has 0 spiro atoms. The normalized spacial score (nSPS) is 10.5. The summed E-state index contributed by atoms with van der Waals surface area (Å²) in [5.74, 6) is -0.548. The van der Waals surface area contributed by atoms with E-state index in [0.29, 0.717) is 16.3 Å². The minimum absolute atomic E-state index is 0.0838. The van der Waals surface area contributed by atoms with Gasteiger partial charge in [0.15, 0.2) is 5.76 Å². The van der Waals surface area contributed by atoms with E-state index in [1.54, 1.807) is 17.8 Å². The van der Waals surface area contributed by atoms with Crippen LogP contribution < -0.4 is 5.73 Å². The molecule has 0 aliphatic heterocycles. The van der Waals surface area contributed by atoms with Gasteiger partial charge in [-0.3, -0.25) is 9.48 Å². The Hall–Kier alpha value is -1.75. The van der Waals surface area contributed by atoms with Gasteiger partial charge in [-0.2, -0.15) is 5.10 Å². The van der Waals surface area contributed by atoms with Crippen molar-refractivity contribution in [2.75, 3.05) is 0 Å². The summed E-state index contributed by atoms with van der Waals surface area (Å²) in [4.78, 5) is 11.1. The number of rotatable bonds is 2. The molecule has 0 aliphatic carbocycles. The fraction of sp³-hybridized carbons (Fsp3) is 0.111. The van der Waals surface area contributed by atoms with Gasteiger partial charge in [-0.15, -0.1) is 0 Å². The smallest absolute Gasteiger partial charge is 0.285 e. The van der Waals surface area contributed by atoms with Gasteiger partial charge in [0.2, 0.25) is 0 Å². The third-order valence-electron chi connectivity index (χ3n) is 2.04. The van der Waals surface area contributed by atoms with Crippen molar-refractivity contribution < 1.29 is 9.21 Å². The molecule has 2 aromatic heterocycles. The predicted octanol–water partition coefficient (Wildman–Crippen LogP) is 1.43. The first-order valence-corrected chi connectivity index (χ1v) is 4.54. The van der Waals surface area contributed by atoms with E-state index in [1.807, 2.05) is 0 Å². The zero-order valence-electron chi connectivity index (χ0n) is 7.90. The molecular weight excluding hydrogens is 218 g/mol. The minimum Gasteiger partial charge on any atom is -0.458 e. The van der Waals surface area contributed by atoms with Crippen molar-refractivity contribution in [2.24, 2.45) is 12.8 Å². The molecule has 0 fully saturated rings. The lowest BCUT2D eigenvalue weighted by Crippen LogP contribution is -2.11. The number of nitrogens with two attached hydrogens (primary N) is 1. The van der Waals surface area contributed by atoms with E-state index in [0.717, 1.165) is 0 Å². The molecule has 15 heavy (non-hydrogen) atoms. The Morgan fingerprint density at radius 3 is 2.93 bits per heavy atom. The molecule has 6 heteroatoms. The van der Waals surface area contributed by atoms with E-state index >= 15 is 0 Å². The van der Waals surface area contributed by atoms with Gasteiger partial charge in [0, 0.05) is 7.05 Å². The zero-order valence-corrected chi connectivity index (χ0v) is 8.65. The van der Waals surface area contributed by atoms with Crippen LogP contribution in [0.1, 0.15) is 10.6 Å². The molecule has 0 saturated carbocycles. The topological polar surface area (TPSA) is 74.1 Å². The van der Waals surface area contributed by atoms with Crippen LogP contribution in [0.3, 0.4) is 0 Å². The van der Waals surface area contributed by atoms with Crippen molar-refractivity contribution in [3.05, 3.63) is 29.3 Å². The van der Waals surface area contributed by atoms with E-state index in [2.05, 4.69) is 5.10 Å². The molecule has 2 aromatic rings. The molecule has 0 atom stereocenters. The number of hydrogen-bond acceptors (Lipinski definition) is 3. The number of carbonyl (C=O) groups excluding carboxylic acids is 1. The number of halogens is 1. The molecule has 2 rings (SSSR count). The Morgan fingerprint density at radius 1 is 1.67 bits per heavy atom. The standard InChI is InChI=1S/C9H8ClN3O2/c1-13-7(6(10)4-12-13)5-2-3-15-8(5)9(11)14/h2-4H,1H3,(H2,11,14). The average molecular weight is 226 g/mol. The Morgan fingerprint density at radius 2 is 2.40 bits per heavy atom. The first-order chi connectivity index (χ1) is 7.11. The summed E-state index contributed by atoms with van der Waals surface area (Å²) in [5, 5.41) is 4.41. The summed E-state index contributed by atoms with van der Waals surface area (Å²) in [6, 6.07) is 1.63. The van der Waals surface area contributed by atoms with E-state index in [1.165, 1.54) is 12.5 Å². The molecule has 0 aromatic carbocycles. The number of amides is 1. The van der Waals surface area contributed by atoms with Crippen molar-refractivity contribution in [3.63, 3.8) is 0 Å². The number of aryl methyl sites for hydroxylation is 1. The van der Waals surface area contributed by atoms with Crippen LogP contribution in [-0.4, -0.2) is 15.7 Å². The number of furan rings is 1. The van der Waals surface area contributed by atoms with Gasteiger partial charge >= 0.3 is 0 Å². The Labute approximate surface area is 90.4 Å². The molecule has 0 saturated heterocycles. The van der Waals surface area contributed by atoms with Crippen LogP contribution in [0, 0.1) is 0 Å². The molecule has 2 N–H and O–H groups in total. The molecule has 0 aliphatic rings. The van der Waals surface area contributed by atoms with Gasteiger partial charge in [-0.1, -0.05) is 11.6 Å². The number of hydrogen-bond donors (Lipinski definition) is 1. The van der Waals surface area contributed by atoms with E-state index in [4.69, 9.17) is 21.8 Å². The van der Waals surface area contributed by atoms with Crippen LogP contribution in [0.2, 0.25) is 5.02 Å². The second-order valence-electron chi connectivity index (χ2n) is 2.99. The lowest BCUT2D eigenvalue weighted by atomic mass is 10.2. The molecule has 2 heterocycles. The van der Waals surface area contributed by atoms with Crippen LogP contribution >= 0.6 is 11.6 Å². The number of aromatic nitrogens is 2. The van der Waals surface area contributed by atoms with Crippen LogP contribution in [-0.2, 0) is 7.05 Å². The fourth-order valence-corrected chi connectivity index (χ4v) is 1.67. The molecule has 5 nitrogen and oxygen atoms in total. The van der Waals surface area contributed by atoms with Gasteiger partial charge in [-0.05, 0) is 6.07 Å². The number of nitrogens with zero attached hydrogens (tertiary/aromatic N) is 2. The Bertz CT molecular complexity index is 496. The van der Waals surface area contributed by atoms with Crippen molar-refractivity contribution >= 4 is 17.5 Å². The summed E-state index contributed by atoms with van der Waals surface area (Å²) >= 11 is 5.94. The first kappa shape index (κ1) is 9.79. The van der Waals surface area contributed by atoms with E-state index in [-0.39, 0.29) is 5.76 Å². The molecule has 0 bridgehead atoms. The first-order valence-electron chi connectivity index (χ1n) is 4.16. The Kier molecular flexibility index (Phi) is 2.24. The van der Waals surface area contributed by atoms with Gasteiger partial charge in [0.05, 0.1) is 28.7 Å². The minimum atomic E-state index is -0.632.